The summed E-state index contributed by atoms with van der Waals surface area (Å²) >= 11 is 3.31. The van der Waals surface area contributed by atoms with Gasteiger partial charge in [-0.2, -0.15) is 0 Å². The first-order valence-corrected chi connectivity index (χ1v) is 13.4. The second-order valence-corrected chi connectivity index (χ2v) is 10.6. The van der Waals surface area contributed by atoms with Crippen LogP contribution in [-0.2, 0) is 0 Å². The van der Waals surface area contributed by atoms with E-state index in [1.165, 1.54) is 25.7 Å². The van der Waals surface area contributed by atoms with Gasteiger partial charge in [0.05, 0.1) is 20.5 Å². The molecule has 4 aliphatic rings. The molecule has 0 amide bonds. The number of rotatable bonds is 2. The molecule has 0 atom stereocenters. The monoisotopic (exact) mass is 480 g/mol. The molecule has 0 saturated heterocycles. The van der Waals surface area contributed by atoms with E-state index in [0.717, 1.165) is 67.4 Å². The Hall–Kier alpha value is -2.58. The zero-order chi connectivity index (χ0) is 21.8. The second kappa shape index (κ2) is 7.74. The highest BCUT2D eigenvalue weighted by Gasteiger charge is 2.35. The van der Waals surface area contributed by atoms with Crippen molar-refractivity contribution in [1.29, 1.82) is 0 Å². The zero-order valence-electron chi connectivity index (χ0n) is 18.2. The molecule has 1 saturated carbocycles. The Morgan fingerprint density at radius 3 is 1.64 bits per heavy atom. The fraction of sp³-hybridized carbons (Fsp3) is 0.440. The molecule has 1 spiro atoms. The molecular formula is C25H24N2O4S2. The third-order valence-corrected chi connectivity index (χ3v) is 8.73. The number of hydrogen-bond acceptors (Lipinski definition) is 8. The average molecular weight is 481 g/mol. The molecule has 1 aliphatic carbocycles. The maximum atomic E-state index is 6.02. The molecule has 8 heteroatoms. The molecule has 7 rings (SSSR count). The van der Waals surface area contributed by atoms with Crippen molar-refractivity contribution < 1.29 is 18.9 Å². The van der Waals surface area contributed by atoms with Crippen LogP contribution >= 0.6 is 22.7 Å². The van der Waals surface area contributed by atoms with E-state index in [2.05, 4.69) is 12.1 Å². The maximum Gasteiger partial charge on any atom is 0.180 e. The Bertz CT molecular complexity index is 1260. The van der Waals surface area contributed by atoms with E-state index in [1.54, 1.807) is 22.7 Å². The first-order valence-electron chi connectivity index (χ1n) is 11.7. The molecule has 0 N–H and O–H groups in total. The van der Waals surface area contributed by atoms with Crippen LogP contribution in [0.25, 0.3) is 20.9 Å². The van der Waals surface area contributed by atoms with E-state index in [9.17, 15) is 0 Å². The van der Waals surface area contributed by atoms with Gasteiger partial charge in [0.2, 0.25) is 0 Å². The highest BCUT2D eigenvalue weighted by Crippen LogP contribution is 2.47. The third kappa shape index (κ3) is 3.18. The molecule has 1 aromatic carbocycles. The summed E-state index contributed by atoms with van der Waals surface area (Å²) < 4.78 is 23.7. The summed E-state index contributed by atoms with van der Waals surface area (Å²) in [5.74, 6) is 3.33. The summed E-state index contributed by atoms with van der Waals surface area (Å²) in [6, 6.07) is 4.34. The van der Waals surface area contributed by atoms with Gasteiger partial charge < -0.3 is 18.9 Å². The van der Waals surface area contributed by atoms with Gasteiger partial charge in [-0.25, -0.2) is 0 Å². The van der Waals surface area contributed by atoms with Crippen LogP contribution in [0.2, 0.25) is 0 Å². The molecule has 6 nitrogen and oxygen atoms in total. The number of fused-ring (bicyclic) bond motifs is 3. The van der Waals surface area contributed by atoms with Gasteiger partial charge >= 0.3 is 0 Å². The summed E-state index contributed by atoms with van der Waals surface area (Å²) in [7, 11) is 0. The first kappa shape index (κ1) is 19.9. The van der Waals surface area contributed by atoms with E-state index >= 15 is 0 Å². The molecule has 5 heterocycles. The Morgan fingerprint density at radius 1 is 0.636 bits per heavy atom. The fourth-order valence-corrected chi connectivity index (χ4v) is 7.15. The predicted molar refractivity (Wildman–Crippen MR) is 128 cm³/mol. The van der Waals surface area contributed by atoms with Crippen LogP contribution in [0.3, 0.4) is 0 Å². The van der Waals surface area contributed by atoms with E-state index < -0.39 is 0 Å². The Morgan fingerprint density at radius 2 is 1.12 bits per heavy atom. The van der Waals surface area contributed by atoms with Gasteiger partial charge in [-0.15, -0.1) is 22.7 Å². The number of ether oxygens (including phenoxy) is 4. The van der Waals surface area contributed by atoms with E-state index in [1.807, 2.05) is 10.8 Å². The largest absolute Gasteiger partial charge is 0.485 e. The lowest BCUT2D eigenvalue weighted by Crippen LogP contribution is -2.26. The minimum Gasteiger partial charge on any atom is -0.485 e. The Kier molecular flexibility index (Phi) is 4.65. The first-order chi connectivity index (χ1) is 16.3. The maximum absolute atomic E-state index is 6.02. The van der Waals surface area contributed by atoms with Crippen molar-refractivity contribution in [1.82, 2.24) is 0 Å². The number of hydrogen-bond donors (Lipinski definition) is 0. The fourth-order valence-electron chi connectivity index (χ4n) is 5.23. The van der Waals surface area contributed by atoms with Crippen LogP contribution in [0.5, 0.6) is 23.0 Å². The van der Waals surface area contributed by atoms with Crippen LogP contribution < -0.4 is 29.7 Å². The quantitative estimate of drug-likeness (QED) is 0.519. The van der Waals surface area contributed by atoms with Crippen LogP contribution in [-0.4, -0.2) is 32.1 Å². The van der Waals surface area contributed by atoms with Crippen LogP contribution in [0.4, 0.5) is 0 Å². The van der Waals surface area contributed by atoms with Gasteiger partial charge in [0.15, 0.2) is 28.7 Å². The third-order valence-electron chi connectivity index (χ3n) is 6.79. The molecule has 1 fully saturated rings. The Balaban J connectivity index is 1.46. The molecule has 0 bridgehead atoms. The molecule has 3 aromatic rings. The van der Waals surface area contributed by atoms with E-state index in [-0.39, 0.29) is 5.66 Å². The van der Waals surface area contributed by atoms with Gasteiger partial charge in [0.25, 0.3) is 0 Å². The zero-order valence-corrected chi connectivity index (χ0v) is 19.9. The minimum absolute atomic E-state index is 0.354. The second-order valence-electron chi connectivity index (χ2n) is 8.89. The van der Waals surface area contributed by atoms with Crippen molar-refractivity contribution in [2.24, 2.45) is 9.98 Å². The minimum atomic E-state index is -0.354. The lowest BCUT2D eigenvalue weighted by Gasteiger charge is -2.20. The lowest BCUT2D eigenvalue weighted by atomic mass is 10.0. The summed E-state index contributed by atoms with van der Waals surface area (Å²) in [6.07, 6.45) is 6.87. The van der Waals surface area contributed by atoms with E-state index in [0.29, 0.717) is 26.4 Å². The molecule has 2 aromatic heterocycles. The summed E-state index contributed by atoms with van der Waals surface area (Å²) in [4.78, 5) is 12.9. The average Bonchev–Trinajstić information content (AvgIpc) is 3.51. The highest BCUT2D eigenvalue weighted by atomic mass is 32.1. The van der Waals surface area contributed by atoms with Gasteiger partial charge in [0, 0.05) is 21.9 Å². The normalized spacial score (nSPS) is 20.0. The van der Waals surface area contributed by atoms with Gasteiger partial charge in [-0.05, 0) is 25.7 Å². The summed E-state index contributed by atoms with van der Waals surface area (Å²) in [5.41, 5.74) is 1.81. The standard InChI is InChI=1S/C25H24N2O4S2/c1-2-4-8-25(7-3-1)26-19-15(23-21-17(13-32-23)28-9-11-30-21)5-6-16(20(19)27-25)24-22-18(14-33-24)29-10-12-31-22/h5-6,13-14H,1-4,7-12H2. The Labute approximate surface area is 199 Å². The van der Waals surface area contributed by atoms with Gasteiger partial charge in [0.1, 0.15) is 26.4 Å². The SMILES string of the molecule is c1sc(-c2ccc(-c3scc4c3OCCO4)c3c2=NC2(CCCCCC2)N=3)c2c1OCCO2. The van der Waals surface area contributed by atoms with E-state index in [4.69, 9.17) is 28.9 Å². The number of benzene rings is 1. The van der Waals surface area contributed by atoms with Gasteiger partial charge in [-0.3, -0.25) is 9.98 Å². The number of thiophene rings is 2. The van der Waals surface area contributed by atoms with Crippen molar-refractivity contribution in [2.75, 3.05) is 26.4 Å². The van der Waals surface area contributed by atoms with Crippen molar-refractivity contribution in [3.05, 3.63) is 33.6 Å². The summed E-state index contributed by atoms with van der Waals surface area (Å²) in [6.45, 7) is 2.32. The van der Waals surface area contributed by atoms with Crippen LogP contribution in [0, 0.1) is 0 Å². The van der Waals surface area contributed by atoms with Crippen LogP contribution in [0.1, 0.15) is 38.5 Å². The molecule has 0 unspecified atom stereocenters. The van der Waals surface area contributed by atoms with Gasteiger partial charge in [-0.1, -0.05) is 25.0 Å². The molecule has 170 valence electrons. The highest BCUT2D eigenvalue weighted by molar-refractivity contribution is 7.14. The molecule has 3 aliphatic heterocycles. The van der Waals surface area contributed by atoms with Crippen molar-refractivity contribution in [3.8, 4) is 43.9 Å². The topological polar surface area (TPSA) is 61.6 Å². The number of nitrogens with zero attached hydrogens (tertiary/aromatic N) is 2. The molecule has 0 radical (unpaired) electrons. The summed E-state index contributed by atoms with van der Waals surface area (Å²) in [5, 5.41) is 6.04. The van der Waals surface area contributed by atoms with Crippen molar-refractivity contribution in [3.63, 3.8) is 0 Å². The lowest BCUT2D eigenvalue weighted by molar-refractivity contribution is 0.174. The smallest absolute Gasteiger partial charge is 0.180 e. The predicted octanol–water partition coefficient (Wildman–Crippen LogP) is 4.99. The van der Waals surface area contributed by atoms with Crippen LogP contribution in [0.15, 0.2) is 32.9 Å². The van der Waals surface area contributed by atoms with Crippen molar-refractivity contribution in [2.45, 2.75) is 44.2 Å². The molecular weight excluding hydrogens is 456 g/mol. The molecule has 33 heavy (non-hydrogen) atoms. The van der Waals surface area contributed by atoms with Crippen molar-refractivity contribution >= 4 is 22.7 Å².